The lowest BCUT2D eigenvalue weighted by molar-refractivity contribution is 0.144. The van der Waals surface area contributed by atoms with Crippen LogP contribution < -0.4 is 5.32 Å². The van der Waals surface area contributed by atoms with Crippen LogP contribution >= 0.6 is 0 Å². The Morgan fingerprint density at radius 3 is 2.96 bits per heavy atom. The number of nitrogens with one attached hydrogen (secondary N) is 1. The van der Waals surface area contributed by atoms with E-state index in [9.17, 15) is 9.90 Å². The zero-order valence-corrected chi connectivity index (χ0v) is 14.9. The second-order valence-corrected chi connectivity index (χ2v) is 6.56. The summed E-state index contributed by atoms with van der Waals surface area (Å²) >= 11 is 0. The van der Waals surface area contributed by atoms with Crippen molar-refractivity contribution in [2.45, 2.75) is 38.8 Å². The zero-order chi connectivity index (χ0) is 17.8. The predicted octanol–water partition coefficient (Wildman–Crippen LogP) is 2.31. The number of carbonyl (C=O) groups is 1. The Morgan fingerprint density at radius 2 is 2.24 bits per heavy atom. The average Bonchev–Trinajstić information content (AvgIpc) is 2.96. The van der Waals surface area contributed by atoms with Crippen molar-refractivity contribution in [2.24, 2.45) is 7.05 Å². The molecule has 25 heavy (non-hydrogen) atoms. The molecule has 0 radical (unpaired) electrons. The molecule has 134 valence electrons. The summed E-state index contributed by atoms with van der Waals surface area (Å²) in [4.78, 5) is 14.6. The fourth-order valence-electron chi connectivity index (χ4n) is 3.55. The minimum absolute atomic E-state index is 0.0205. The number of hydrogen-bond acceptors (Lipinski definition) is 3. The molecule has 1 aromatic carbocycles. The fraction of sp³-hybridized carbons (Fsp3) is 0.474. The van der Waals surface area contributed by atoms with Gasteiger partial charge in [-0.3, -0.25) is 4.68 Å². The molecule has 0 fully saturated rings. The second-order valence-electron chi connectivity index (χ2n) is 6.56. The van der Waals surface area contributed by atoms with Gasteiger partial charge in [-0.05, 0) is 37.3 Å². The molecule has 1 atom stereocenters. The summed E-state index contributed by atoms with van der Waals surface area (Å²) in [6.07, 6.45) is 4.81. The molecule has 1 aliphatic rings. The van der Waals surface area contributed by atoms with Crippen LogP contribution in [0, 0.1) is 6.92 Å². The Morgan fingerprint density at radius 1 is 1.44 bits per heavy atom. The normalized spacial score (nSPS) is 16.4. The Labute approximate surface area is 148 Å². The highest BCUT2D eigenvalue weighted by Crippen LogP contribution is 2.34. The van der Waals surface area contributed by atoms with E-state index in [2.05, 4.69) is 22.5 Å². The predicted molar refractivity (Wildman–Crippen MR) is 96.1 cm³/mol. The topological polar surface area (TPSA) is 70.4 Å². The first-order chi connectivity index (χ1) is 12.1. The van der Waals surface area contributed by atoms with Crippen LogP contribution in [-0.4, -0.2) is 39.0 Å². The van der Waals surface area contributed by atoms with Crippen molar-refractivity contribution in [3.05, 3.63) is 52.8 Å². The number of benzene rings is 1. The first kappa shape index (κ1) is 17.5. The minimum Gasteiger partial charge on any atom is -0.395 e. The van der Waals surface area contributed by atoms with Crippen LogP contribution in [-0.2, 0) is 20.0 Å². The number of aryl methyl sites for hydroxylation is 2. The number of carbonyl (C=O) groups excluding carboxylic acids is 1. The van der Waals surface area contributed by atoms with E-state index >= 15 is 0 Å². The number of aliphatic hydroxyl groups excluding tert-OH is 1. The number of urea groups is 1. The number of aromatic nitrogens is 2. The summed E-state index contributed by atoms with van der Waals surface area (Å²) in [5, 5.41) is 16.7. The molecule has 0 spiro atoms. The first-order valence-electron chi connectivity index (χ1n) is 8.82. The molecule has 1 aromatic heterocycles. The van der Waals surface area contributed by atoms with Crippen molar-refractivity contribution < 1.29 is 9.90 Å². The maximum atomic E-state index is 12.8. The number of fused-ring (bicyclic) bond motifs is 1. The molecule has 0 aliphatic heterocycles. The monoisotopic (exact) mass is 342 g/mol. The smallest absolute Gasteiger partial charge is 0.318 e. The number of aliphatic hydroxyl groups is 1. The van der Waals surface area contributed by atoms with Crippen molar-refractivity contribution in [2.75, 3.05) is 13.2 Å². The lowest BCUT2D eigenvalue weighted by Crippen LogP contribution is -2.44. The highest BCUT2D eigenvalue weighted by molar-refractivity contribution is 5.75. The third-order valence-electron chi connectivity index (χ3n) is 5.08. The lowest BCUT2D eigenvalue weighted by atomic mass is 9.87. The van der Waals surface area contributed by atoms with Gasteiger partial charge < -0.3 is 15.3 Å². The van der Waals surface area contributed by atoms with Crippen LogP contribution in [0.1, 0.15) is 41.3 Å². The Balaban J connectivity index is 1.75. The van der Waals surface area contributed by atoms with Crippen LogP contribution in [0.5, 0.6) is 0 Å². The van der Waals surface area contributed by atoms with E-state index < -0.39 is 0 Å². The molecule has 0 saturated heterocycles. The molecule has 2 amide bonds. The fourth-order valence-corrected chi connectivity index (χ4v) is 3.55. The van der Waals surface area contributed by atoms with Gasteiger partial charge >= 0.3 is 6.03 Å². The molecule has 6 heteroatoms. The summed E-state index contributed by atoms with van der Waals surface area (Å²) in [5.74, 6) is 0. The number of rotatable bonds is 5. The molecule has 0 saturated carbocycles. The quantitative estimate of drug-likeness (QED) is 0.876. The van der Waals surface area contributed by atoms with Gasteiger partial charge in [-0.25, -0.2) is 4.79 Å². The van der Waals surface area contributed by atoms with Crippen molar-refractivity contribution in [1.82, 2.24) is 20.0 Å². The largest absolute Gasteiger partial charge is 0.395 e. The van der Waals surface area contributed by atoms with E-state index in [-0.39, 0.29) is 18.7 Å². The summed E-state index contributed by atoms with van der Waals surface area (Å²) < 4.78 is 1.80. The Bertz CT molecular complexity index is 741. The van der Waals surface area contributed by atoms with E-state index in [1.165, 1.54) is 11.1 Å². The highest BCUT2D eigenvalue weighted by Gasteiger charge is 2.28. The molecule has 6 nitrogen and oxygen atoms in total. The van der Waals surface area contributed by atoms with Gasteiger partial charge in [-0.2, -0.15) is 5.10 Å². The van der Waals surface area contributed by atoms with Gasteiger partial charge in [-0.15, -0.1) is 0 Å². The average molecular weight is 342 g/mol. The molecule has 2 N–H and O–H groups in total. The molecule has 3 rings (SSSR count). The van der Waals surface area contributed by atoms with Crippen molar-refractivity contribution in [3.63, 3.8) is 0 Å². The van der Waals surface area contributed by atoms with Crippen LogP contribution in [0.3, 0.4) is 0 Å². The van der Waals surface area contributed by atoms with Gasteiger partial charge in [0.05, 0.1) is 18.8 Å². The molecule has 0 bridgehead atoms. The van der Waals surface area contributed by atoms with Crippen LogP contribution in [0.2, 0.25) is 0 Å². The summed E-state index contributed by atoms with van der Waals surface area (Å²) in [6, 6.07) is 8.18. The van der Waals surface area contributed by atoms with Crippen molar-refractivity contribution >= 4 is 6.03 Å². The third kappa shape index (κ3) is 3.69. The van der Waals surface area contributed by atoms with Gasteiger partial charge in [0.15, 0.2) is 0 Å². The summed E-state index contributed by atoms with van der Waals surface area (Å²) in [6.45, 7) is 2.71. The van der Waals surface area contributed by atoms with E-state index in [1.807, 2.05) is 26.1 Å². The maximum Gasteiger partial charge on any atom is 0.318 e. The van der Waals surface area contributed by atoms with Gasteiger partial charge in [0.1, 0.15) is 0 Å². The van der Waals surface area contributed by atoms with Crippen molar-refractivity contribution in [1.29, 1.82) is 0 Å². The van der Waals surface area contributed by atoms with Gasteiger partial charge in [0, 0.05) is 31.4 Å². The molecular formula is C19H26N4O2. The molecule has 1 aliphatic carbocycles. The van der Waals surface area contributed by atoms with Crippen LogP contribution in [0.4, 0.5) is 4.79 Å². The van der Waals surface area contributed by atoms with Crippen LogP contribution in [0.15, 0.2) is 30.5 Å². The second kappa shape index (κ2) is 7.70. The van der Waals surface area contributed by atoms with Gasteiger partial charge in [-0.1, -0.05) is 24.3 Å². The standard InChI is InChI=1S/C19H26N4O2/c1-14-16(13-21-22(14)2)12-20-19(25)23(10-11-24)18-9-5-7-15-6-3-4-8-17(15)18/h3-4,6,8,13,18,24H,5,7,9-12H2,1-2H3,(H,20,25). The third-order valence-corrected chi connectivity index (χ3v) is 5.08. The zero-order valence-electron chi connectivity index (χ0n) is 14.9. The van der Waals surface area contributed by atoms with E-state index in [4.69, 9.17) is 0 Å². The summed E-state index contributed by atoms with van der Waals surface area (Å²) in [7, 11) is 1.89. The highest BCUT2D eigenvalue weighted by atomic mass is 16.3. The summed E-state index contributed by atoms with van der Waals surface area (Å²) in [5.41, 5.74) is 4.55. The lowest BCUT2D eigenvalue weighted by Gasteiger charge is -2.35. The Hall–Kier alpha value is -2.34. The SMILES string of the molecule is Cc1c(CNC(=O)N(CCO)C2CCCc3ccccc32)cnn1C. The van der Waals surface area contributed by atoms with Gasteiger partial charge in [0.2, 0.25) is 0 Å². The van der Waals surface area contributed by atoms with Crippen LogP contribution in [0.25, 0.3) is 0 Å². The Kier molecular flexibility index (Phi) is 5.38. The number of nitrogens with zero attached hydrogens (tertiary/aromatic N) is 3. The van der Waals surface area contributed by atoms with E-state index in [1.54, 1.807) is 15.8 Å². The molecule has 2 aromatic rings. The van der Waals surface area contributed by atoms with Gasteiger partial charge in [0.25, 0.3) is 0 Å². The first-order valence-corrected chi connectivity index (χ1v) is 8.82. The van der Waals surface area contributed by atoms with Crippen molar-refractivity contribution in [3.8, 4) is 0 Å². The molecular weight excluding hydrogens is 316 g/mol. The molecule has 1 heterocycles. The number of amides is 2. The minimum atomic E-state index is -0.140. The maximum absolute atomic E-state index is 12.8. The van der Waals surface area contributed by atoms with E-state index in [0.717, 1.165) is 30.5 Å². The number of hydrogen-bond donors (Lipinski definition) is 2. The van der Waals surface area contributed by atoms with E-state index in [0.29, 0.717) is 13.1 Å². The molecule has 1 unspecified atom stereocenters.